The Bertz CT molecular complexity index is 850. The summed E-state index contributed by atoms with van der Waals surface area (Å²) in [5, 5.41) is 45.2. The maximum Gasteiger partial charge on any atom is 0.0865 e. The summed E-state index contributed by atoms with van der Waals surface area (Å²) in [6.07, 6.45) is 5.61. The Labute approximate surface area is 213 Å². The van der Waals surface area contributed by atoms with Crippen LogP contribution in [-0.2, 0) is 4.74 Å². The number of aliphatic hydroxyl groups excluding tert-OH is 3. The standard InChI is InChI=1S/C30H52O5/c1-25(2)21(33)10-12-27(5)20-15-18(31)23-17(30(8)14-11-22(35-30)26(3,4)34)9-13-28(23,6)29(20,7)16-19(32)24(25)27/h17-24,31-34H,9-16H2,1-8H3/t17-,18+,19-,20+,21-,22+,23-,24?,27+,28+,29+,30-/m0/s1. The summed E-state index contributed by atoms with van der Waals surface area (Å²) < 4.78 is 6.64. The first kappa shape index (κ1) is 26.4. The SMILES string of the molecule is CC(C)(O)[C@H]1CC[C@@](C)([C@H]2CC[C@]3(C)[C@@H]2[C@H](O)C[C@@H]2[C@@]4(C)CC[C@H](O)C(C)(C)C4[C@@H](O)C[C@]23C)O1. The van der Waals surface area contributed by atoms with Gasteiger partial charge in [-0.25, -0.2) is 0 Å². The second kappa shape index (κ2) is 7.68. The minimum absolute atomic E-state index is 0.0320. The summed E-state index contributed by atoms with van der Waals surface area (Å²) in [6.45, 7) is 17.3. The number of aliphatic hydroxyl groups is 4. The number of fused-ring (bicyclic) bond motifs is 5. The molecular weight excluding hydrogens is 440 g/mol. The van der Waals surface area contributed by atoms with Crippen LogP contribution in [0.4, 0.5) is 0 Å². The zero-order valence-electron chi connectivity index (χ0n) is 23.5. The van der Waals surface area contributed by atoms with E-state index < -0.39 is 23.9 Å². The molecule has 0 bridgehead atoms. The summed E-state index contributed by atoms with van der Waals surface area (Å²) in [5.41, 5.74) is -1.83. The fourth-order valence-corrected chi connectivity index (χ4v) is 11.3. The fourth-order valence-electron chi connectivity index (χ4n) is 11.3. The molecule has 0 amide bonds. The van der Waals surface area contributed by atoms with Crippen LogP contribution in [0.5, 0.6) is 0 Å². The molecule has 35 heavy (non-hydrogen) atoms. The van der Waals surface area contributed by atoms with Crippen molar-refractivity contribution < 1.29 is 25.2 Å². The predicted molar refractivity (Wildman–Crippen MR) is 137 cm³/mol. The van der Waals surface area contributed by atoms with Crippen LogP contribution in [0.15, 0.2) is 0 Å². The van der Waals surface area contributed by atoms with Gasteiger partial charge in [0.05, 0.1) is 35.6 Å². The molecule has 4 N–H and O–H groups in total. The Kier molecular flexibility index (Phi) is 5.80. The third kappa shape index (κ3) is 3.36. The van der Waals surface area contributed by atoms with E-state index in [0.29, 0.717) is 5.92 Å². The summed E-state index contributed by atoms with van der Waals surface area (Å²) in [5.74, 6) is 0.722. The van der Waals surface area contributed by atoms with Crippen LogP contribution in [0.25, 0.3) is 0 Å². The Morgan fingerprint density at radius 1 is 0.800 bits per heavy atom. The third-order valence-corrected chi connectivity index (χ3v) is 13.1. The summed E-state index contributed by atoms with van der Waals surface area (Å²) in [6, 6.07) is 0. The van der Waals surface area contributed by atoms with Crippen molar-refractivity contribution in [1.82, 2.24) is 0 Å². The Morgan fingerprint density at radius 2 is 1.46 bits per heavy atom. The maximum atomic E-state index is 11.9. The smallest absolute Gasteiger partial charge is 0.0865 e. The normalized spacial score (nSPS) is 57.9. The van der Waals surface area contributed by atoms with Gasteiger partial charge in [-0.2, -0.15) is 0 Å². The molecule has 1 unspecified atom stereocenters. The van der Waals surface area contributed by atoms with Gasteiger partial charge in [-0.1, -0.05) is 34.6 Å². The van der Waals surface area contributed by atoms with E-state index in [2.05, 4.69) is 41.5 Å². The van der Waals surface area contributed by atoms with Crippen molar-refractivity contribution in [2.24, 2.45) is 45.3 Å². The fraction of sp³-hybridized carbons (Fsp3) is 1.00. The van der Waals surface area contributed by atoms with Gasteiger partial charge < -0.3 is 25.2 Å². The molecule has 1 heterocycles. The van der Waals surface area contributed by atoms with Crippen molar-refractivity contribution in [2.45, 2.75) is 142 Å². The van der Waals surface area contributed by atoms with Crippen LogP contribution in [0, 0.1) is 45.3 Å². The van der Waals surface area contributed by atoms with Crippen LogP contribution in [0.3, 0.4) is 0 Å². The molecule has 0 radical (unpaired) electrons. The highest BCUT2D eigenvalue weighted by Crippen LogP contribution is 2.76. The Morgan fingerprint density at radius 3 is 2.06 bits per heavy atom. The van der Waals surface area contributed by atoms with Crippen molar-refractivity contribution in [2.75, 3.05) is 0 Å². The van der Waals surface area contributed by atoms with Gasteiger partial charge in [-0.05, 0) is 117 Å². The molecule has 5 aliphatic rings. The summed E-state index contributed by atoms with van der Waals surface area (Å²) in [4.78, 5) is 0. The molecular formula is C30H52O5. The molecule has 5 nitrogen and oxygen atoms in total. The van der Waals surface area contributed by atoms with Gasteiger partial charge in [-0.3, -0.25) is 0 Å². The lowest BCUT2D eigenvalue weighted by molar-refractivity contribution is -0.275. The number of hydrogen-bond acceptors (Lipinski definition) is 5. The van der Waals surface area contributed by atoms with Crippen molar-refractivity contribution in [1.29, 1.82) is 0 Å². The molecule has 1 saturated heterocycles. The van der Waals surface area contributed by atoms with E-state index in [9.17, 15) is 20.4 Å². The number of ether oxygens (including phenoxy) is 1. The molecule has 202 valence electrons. The average molecular weight is 493 g/mol. The highest BCUT2D eigenvalue weighted by Gasteiger charge is 2.73. The van der Waals surface area contributed by atoms with Gasteiger partial charge in [0.1, 0.15) is 0 Å². The Balaban J connectivity index is 1.51. The number of rotatable bonds is 2. The van der Waals surface area contributed by atoms with Crippen LogP contribution in [0.1, 0.15) is 107 Å². The van der Waals surface area contributed by atoms with Gasteiger partial charge in [0.25, 0.3) is 0 Å². The highest BCUT2D eigenvalue weighted by molar-refractivity contribution is 5.22. The molecule has 4 saturated carbocycles. The topological polar surface area (TPSA) is 90.2 Å². The van der Waals surface area contributed by atoms with Gasteiger partial charge >= 0.3 is 0 Å². The molecule has 12 atom stereocenters. The minimum Gasteiger partial charge on any atom is -0.393 e. The van der Waals surface area contributed by atoms with Crippen LogP contribution >= 0.6 is 0 Å². The van der Waals surface area contributed by atoms with Crippen molar-refractivity contribution in [3.05, 3.63) is 0 Å². The van der Waals surface area contributed by atoms with Crippen LogP contribution in [-0.4, -0.2) is 56.0 Å². The molecule has 0 aromatic rings. The van der Waals surface area contributed by atoms with E-state index in [1.54, 1.807) is 0 Å². The van der Waals surface area contributed by atoms with E-state index in [1.807, 2.05) is 13.8 Å². The highest BCUT2D eigenvalue weighted by atomic mass is 16.5. The first-order valence-electron chi connectivity index (χ1n) is 14.4. The lowest BCUT2D eigenvalue weighted by atomic mass is 9.34. The van der Waals surface area contributed by atoms with Crippen molar-refractivity contribution in [3.8, 4) is 0 Å². The second-order valence-corrected chi connectivity index (χ2v) is 15.6. The van der Waals surface area contributed by atoms with E-state index in [0.717, 1.165) is 51.4 Å². The molecule has 0 spiro atoms. The van der Waals surface area contributed by atoms with E-state index in [4.69, 9.17) is 4.74 Å². The first-order valence-corrected chi connectivity index (χ1v) is 14.4. The van der Waals surface area contributed by atoms with E-state index in [-0.39, 0.29) is 51.1 Å². The third-order valence-electron chi connectivity index (χ3n) is 13.1. The molecule has 0 aromatic heterocycles. The van der Waals surface area contributed by atoms with Gasteiger partial charge in [0.2, 0.25) is 0 Å². The monoisotopic (exact) mass is 492 g/mol. The molecule has 1 aliphatic heterocycles. The zero-order chi connectivity index (χ0) is 26.0. The largest absolute Gasteiger partial charge is 0.393 e. The van der Waals surface area contributed by atoms with Crippen LogP contribution in [0.2, 0.25) is 0 Å². The van der Waals surface area contributed by atoms with Crippen molar-refractivity contribution >= 4 is 0 Å². The molecule has 4 aliphatic carbocycles. The van der Waals surface area contributed by atoms with Crippen molar-refractivity contribution in [3.63, 3.8) is 0 Å². The summed E-state index contributed by atoms with van der Waals surface area (Å²) >= 11 is 0. The number of hydrogen-bond donors (Lipinski definition) is 4. The average Bonchev–Trinajstić information content (AvgIpc) is 3.30. The van der Waals surface area contributed by atoms with Gasteiger partial charge in [0.15, 0.2) is 0 Å². The van der Waals surface area contributed by atoms with Gasteiger partial charge in [0, 0.05) is 0 Å². The predicted octanol–water partition coefficient (Wildman–Crippen LogP) is 4.68. The molecule has 5 rings (SSSR count). The van der Waals surface area contributed by atoms with E-state index >= 15 is 0 Å². The minimum atomic E-state index is -0.864. The Hall–Kier alpha value is -0.200. The summed E-state index contributed by atoms with van der Waals surface area (Å²) in [7, 11) is 0. The first-order chi connectivity index (χ1) is 15.9. The van der Waals surface area contributed by atoms with Gasteiger partial charge in [-0.15, -0.1) is 0 Å². The quantitative estimate of drug-likeness (QED) is 0.449. The van der Waals surface area contributed by atoms with Crippen LogP contribution < -0.4 is 0 Å². The molecule has 0 aromatic carbocycles. The zero-order valence-corrected chi connectivity index (χ0v) is 23.5. The lowest BCUT2D eigenvalue weighted by Crippen LogP contribution is -2.69. The molecule has 5 heteroatoms. The molecule has 5 fully saturated rings. The lowest BCUT2D eigenvalue weighted by Gasteiger charge is -2.71. The van der Waals surface area contributed by atoms with E-state index in [1.165, 1.54) is 0 Å². The maximum absolute atomic E-state index is 11.9. The second-order valence-electron chi connectivity index (χ2n) is 15.6.